The van der Waals surface area contributed by atoms with E-state index in [0.29, 0.717) is 53.9 Å². The van der Waals surface area contributed by atoms with Crippen LogP contribution in [0.15, 0.2) is 48.7 Å². The summed E-state index contributed by atoms with van der Waals surface area (Å²) in [6.45, 7) is 2.01. The molecule has 2 heterocycles. The molecule has 0 spiro atoms. The summed E-state index contributed by atoms with van der Waals surface area (Å²) in [5.74, 6) is -0.322. The highest BCUT2D eigenvalue weighted by molar-refractivity contribution is 6.09. The van der Waals surface area contributed by atoms with Crippen molar-refractivity contribution in [1.82, 2.24) is 20.5 Å². The third-order valence-corrected chi connectivity index (χ3v) is 4.93. The number of nitrogens with one attached hydrogen (secondary N) is 2. The van der Waals surface area contributed by atoms with E-state index in [1.165, 1.54) is 18.3 Å². The van der Waals surface area contributed by atoms with Crippen LogP contribution in [0.4, 0.5) is 15.0 Å². The standard InChI is InChI=1S/C21H20FN5O2/c22-15-3-1-2-13(10-15)14-4-5-16-17(11-14)19(23)26-12-18(16)20(28)24-6-8-27-9-7-25-21(27)29/h1-5,10-12H,6-9H2,(H2,23,26)(H,24,28)(H,25,29). The second-order valence-corrected chi connectivity index (χ2v) is 6.80. The monoisotopic (exact) mass is 393 g/mol. The molecule has 1 fully saturated rings. The van der Waals surface area contributed by atoms with E-state index in [1.807, 2.05) is 6.07 Å². The number of hydrogen-bond donors (Lipinski definition) is 3. The summed E-state index contributed by atoms with van der Waals surface area (Å²) in [5, 5.41) is 6.82. The lowest BCUT2D eigenvalue weighted by molar-refractivity contribution is 0.0951. The molecule has 0 radical (unpaired) electrons. The number of carbonyl (C=O) groups excluding carboxylic acids is 2. The molecule has 7 nitrogen and oxygen atoms in total. The first-order chi connectivity index (χ1) is 14.0. The summed E-state index contributed by atoms with van der Waals surface area (Å²) in [7, 11) is 0. The lowest BCUT2D eigenvalue weighted by atomic mass is 9.99. The van der Waals surface area contributed by atoms with E-state index in [4.69, 9.17) is 5.73 Å². The predicted molar refractivity (Wildman–Crippen MR) is 109 cm³/mol. The van der Waals surface area contributed by atoms with Crippen molar-refractivity contribution in [1.29, 1.82) is 0 Å². The number of fused-ring (bicyclic) bond motifs is 1. The summed E-state index contributed by atoms with van der Waals surface area (Å²) < 4.78 is 13.6. The zero-order valence-electron chi connectivity index (χ0n) is 15.6. The van der Waals surface area contributed by atoms with Crippen LogP contribution in [-0.4, -0.2) is 48.0 Å². The molecule has 0 saturated carbocycles. The Morgan fingerprint density at radius 2 is 2.03 bits per heavy atom. The first kappa shape index (κ1) is 18.7. The minimum Gasteiger partial charge on any atom is -0.383 e. The lowest BCUT2D eigenvalue weighted by Gasteiger charge is -2.15. The summed E-state index contributed by atoms with van der Waals surface area (Å²) in [5.41, 5.74) is 7.92. The number of pyridine rings is 1. The zero-order chi connectivity index (χ0) is 20.4. The van der Waals surface area contributed by atoms with Crippen molar-refractivity contribution >= 4 is 28.5 Å². The Hall–Kier alpha value is -3.68. The number of aromatic nitrogens is 1. The Kier molecular flexibility index (Phi) is 4.99. The number of nitrogens with zero attached hydrogens (tertiary/aromatic N) is 2. The summed E-state index contributed by atoms with van der Waals surface area (Å²) >= 11 is 0. The molecule has 29 heavy (non-hydrogen) atoms. The fourth-order valence-corrected chi connectivity index (χ4v) is 3.42. The number of urea groups is 1. The van der Waals surface area contributed by atoms with Gasteiger partial charge < -0.3 is 21.3 Å². The summed E-state index contributed by atoms with van der Waals surface area (Å²) in [6, 6.07) is 11.6. The topological polar surface area (TPSA) is 100 Å². The van der Waals surface area contributed by atoms with E-state index in [-0.39, 0.29) is 17.8 Å². The van der Waals surface area contributed by atoms with E-state index >= 15 is 0 Å². The SMILES string of the molecule is Nc1ncc(C(=O)NCCN2CCNC2=O)c2ccc(-c3cccc(F)c3)cc12. The number of amides is 3. The largest absolute Gasteiger partial charge is 0.383 e. The van der Waals surface area contributed by atoms with E-state index in [2.05, 4.69) is 15.6 Å². The van der Waals surface area contributed by atoms with Gasteiger partial charge in [0.25, 0.3) is 5.91 Å². The van der Waals surface area contributed by atoms with Crippen LogP contribution in [0, 0.1) is 5.82 Å². The molecule has 4 N–H and O–H groups in total. The van der Waals surface area contributed by atoms with Gasteiger partial charge in [-0.1, -0.05) is 24.3 Å². The highest BCUT2D eigenvalue weighted by atomic mass is 19.1. The molecule has 1 aromatic heterocycles. The van der Waals surface area contributed by atoms with Crippen molar-refractivity contribution in [2.24, 2.45) is 0 Å². The Labute approximate surface area is 166 Å². The van der Waals surface area contributed by atoms with Crippen LogP contribution in [0.2, 0.25) is 0 Å². The molecular formula is C21H20FN5O2. The van der Waals surface area contributed by atoms with Gasteiger partial charge in [0.15, 0.2) is 0 Å². The van der Waals surface area contributed by atoms with Gasteiger partial charge in [0, 0.05) is 37.8 Å². The summed E-state index contributed by atoms with van der Waals surface area (Å²) in [6.07, 6.45) is 1.44. The minimum atomic E-state index is -0.325. The Morgan fingerprint density at radius 3 is 2.79 bits per heavy atom. The molecule has 0 bridgehead atoms. The second kappa shape index (κ2) is 7.75. The molecule has 3 amide bonds. The average Bonchev–Trinajstić information content (AvgIpc) is 3.13. The third kappa shape index (κ3) is 3.82. The highest BCUT2D eigenvalue weighted by Crippen LogP contribution is 2.29. The number of hydrogen-bond acceptors (Lipinski definition) is 4. The Balaban J connectivity index is 1.57. The molecular weight excluding hydrogens is 373 g/mol. The smallest absolute Gasteiger partial charge is 0.317 e. The molecule has 1 aliphatic rings. The molecule has 1 aliphatic heterocycles. The quantitative estimate of drug-likeness (QED) is 0.620. The van der Waals surface area contributed by atoms with Crippen LogP contribution < -0.4 is 16.4 Å². The first-order valence-corrected chi connectivity index (χ1v) is 9.28. The average molecular weight is 393 g/mol. The van der Waals surface area contributed by atoms with E-state index in [9.17, 15) is 14.0 Å². The number of nitrogen functional groups attached to an aromatic ring is 1. The molecule has 0 atom stereocenters. The van der Waals surface area contributed by atoms with Crippen LogP contribution in [0.3, 0.4) is 0 Å². The molecule has 148 valence electrons. The van der Waals surface area contributed by atoms with Crippen LogP contribution in [-0.2, 0) is 0 Å². The Bertz CT molecular complexity index is 1100. The number of nitrogens with two attached hydrogens (primary N) is 1. The van der Waals surface area contributed by atoms with Gasteiger partial charge in [0.2, 0.25) is 0 Å². The maximum Gasteiger partial charge on any atom is 0.317 e. The summed E-state index contributed by atoms with van der Waals surface area (Å²) in [4.78, 5) is 30.0. The number of carbonyl (C=O) groups is 2. The third-order valence-electron chi connectivity index (χ3n) is 4.93. The molecule has 3 aromatic rings. The van der Waals surface area contributed by atoms with Gasteiger partial charge in [-0.25, -0.2) is 14.2 Å². The molecule has 1 saturated heterocycles. The fraction of sp³-hybridized carbons (Fsp3) is 0.190. The second-order valence-electron chi connectivity index (χ2n) is 6.80. The molecule has 2 aromatic carbocycles. The molecule has 0 unspecified atom stereocenters. The number of rotatable bonds is 5. The maximum absolute atomic E-state index is 13.6. The lowest BCUT2D eigenvalue weighted by Crippen LogP contribution is -2.36. The van der Waals surface area contributed by atoms with Crippen molar-refractivity contribution in [2.75, 3.05) is 31.9 Å². The van der Waals surface area contributed by atoms with Crippen LogP contribution in [0.25, 0.3) is 21.9 Å². The predicted octanol–water partition coefficient (Wildman–Crippen LogP) is 2.38. The van der Waals surface area contributed by atoms with Gasteiger partial charge in [0.05, 0.1) is 5.56 Å². The van der Waals surface area contributed by atoms with E-state index in [0.717, 1.165) is 5.56 Å². The number of halogens is 1. The van der Waals surface area contributed by atoms with Crippen LogP contribution in [0.5, 0.6) is 0 Å². The van der Waals surface area contributed by atoms with Crippen LogP contribution >= 0.6 is 0 Å². The minimum absolute atomic E-state index is 0.122. The van der Waals surface area contributed by atoms with Gasteiger partial charge in [-0.05, 0) is 34.7 Å². The zero-order valence-corrected chi connectivity index (χ0v) is 15.6. The fourth-order valence-electron chi connectivity index (χ4n) is 3.42. The maximum atomic E-state index is 13.6. The van der Waals surface area contributed by atoms with Gasteiger partial charge >= 0.3 is 6.03 Å². The van der Waals surface area contributed by atoms with Gasteiger partial charge in [-0.3, -0.25) is 4.79 Å². The normalized spacial score (nSPS) is 13.6. The van der Waals surface area contributed by atoms with Crippen molar-refractivity contribution in [3.8, 4) is 11.1 Å². The van der Waals surface area contributed by atoms with Crippen molar-refractivity contribution in [3.05, 3.63) is 60.0 Å². The number of anilines is 1. The first-order valence-electron chi connectivity index (χ1n) is 9.28. The molecule has 8 heteroatoms. The van der Waals surface area contributed by atoms with Gasteiger partial charge in [-0.15, -0.1) is 0 Å². The van der Waals surface area contributed by atoms with Crippen molar-refractivity contribution in [3.63, 3.8) is 0 Å². The Morgan fingerprint density at radius 1 is 1.21 bits per heavy atom. The van der Waals surface area contributed by atoms with Crippen LogP contribution in [0.1, 0.15) is 10.4 Å². The number of benzene rings is 2. The molecule has 4 rings (SSSR count). The van der Waals surface area contributed by atoms with Crippen molar-refractivity contribution < 1.29 is 14.0 Å². The van der Waals surface area contributed by atoms with E-state index in [1.54, 1.807) is 29.2 Å². The van der Waals surface area contributed by atoms with Gasteiger partial charge in [0.1, 0.15) is 11.6 Å². The molecule has 0 aliphatic carbocycles. The van der Waals surface area contributed by atoms with Gasteiger partial charge in [-0.2, -0.15) is 0 Å². The highest BCUT2D eigenvalue weighted by Gasteiger charge is 2.19. The van der Waals surface area contributed by atoms with Crippen molar-refractivity contribution in [2.45, 2.75) is 0 Å². The van der Waals surface area contributed by atoms with E-state index < -0.39 is 0 Å².